The molecule has 0 aliphatic carbocycles. The first-order chi connectivity index (χ1) is 14.4. The van der Waals surface area contributed by atoms with Crippen molar-refractivity contribution < 1.29 is 14.1 Å². The zero-order valence-corrected chi connectivity index (χ0v) is 18.8. The van der Waals surface area contributed by atoms with Crippen molar-refractivity contribution in [2.45, 2.75) is 45.6 Å². The van der Waals surface area contributed by atoms with Crippen molar-refractivity contribution in [3.63, 3.8) is 0 Å². The number of carbonyl (C=O) groups excluding carboxylic acids is 1. The van der Waals surface area contributed by atoms with Gasteiger partial charge in [0.2, 0.25) is 5.91 Å². The molecule has 0 saturated carbocycles. The first kappa shape index (κ1) is 22.0. The molecule has 1 amide bonds. The van der Waals surface area contributed by atoms with Crippen molar-refractivity contribution in [1.82, 2.24) is 10.5 Å². The molecule has 1 N–H and O–H groups in total. The van der Waals surface area contributed by atoms with Crippen LogP contribution < -0.4 is 10.1 Å². The highest BCUT2D eigenvalue weighted by Gasteiger charge is 2.10. The Morgan fingerprint density at radius 3 is 2.50 bits per heavy atom. The topological polar surface area (TPSA) is 64.4 Å². The molecule has 2 aromatic carbocycles. The predicted molar refractivity (Wildman–Crippen MR) is 120 cm³/mol. The van der Waals surface area contributed by atoms with E-state index in [9.17, 15) is 4.79 Å². The normalized spacial score (nSPS) is 10.8. The maximum absolute atomic E-state index is 12.2. The molecule has 6 heteroatoms. The van der Waals surface area contributed by atoms with E-state index in [1.165, 1.54) is 16.0 Å². The van der Waals surface area contributed by atoms with Gasteiger partial charge in [0.15, 0.2) is 0 Å². The summed E-state index contributed by atoms with van der Waals surface area (Å²) in [6.07, 6.45) is 0.360. The molecule has 0 radical (unpaired) electrons. The lowest BCUT2D eigenvalue weighted by Gasteiger charge is -2.08. The predicted octanol–water partition coefficient (Wildman–Crippen LogP) is 4.94. The number of hydrogen-bond acceptors (Lipinski definition) is 5. The summed E-state index contributed by atoms with van der Waals surface area (Å²) in [5.74, 6) is 2.41. The van der Waals surface area contributed by atoms with Crippen molar-refractivity contribution in [1.29, 1.82) is 0 Å². The quantitative estimate of drug-likeness (QED) is 0.389. The number of rotatable bonds is 9. The minimum absolute atomic E-state index is 0.0278. The third-order valence-electron chi connectivity index (χ3n) is 5.02. The Morgan fingerprint density at radius 2 is 1.83 bits per heavy atom. The summed E-state index contributed by atoms with van der Waals surface area (Å²) in [5, 5.41) is 6.92. The van der Waals surface area contributed by atoms with Gasteiger partial charge in [-0.05, 0) is 68.7 Å². The van der Waals surface area contributed by atoms with Gasteiger partial charge in [-0.15, -0.1) is 11.8 Å². The fourth-order valence-electron chi connectivity index (χ4n) is 2.98. The second-order valence-electron chi connectivity index (χ2n) is 7.36. The summed E-state index contributed by atoms with van der Waals surface area (Å²) in [5.41, 5.74) is 5.36. The fraction of sp³-hybridized carbons (Fsp3) is 0.333. The standard InChI is InChI=1S/C24H28N2O3S/c1-16-5-10-22(13-17(16)2)30-12-11-25-24(27)14-20-6-8-21(9-7-20)28-15-23-18(3)26-29-19(23)4/h5-10,13H,11-12,14-15H2,1-4H3,(H,25,27). The Hall–Kier alpha value is -2.73. The van der Waals surface area contributed by atoms with E-state index in [1.807, 2.05) is 38.1 Å². The highest BCUT2D eigenvalue weighted by atomic mass is 32.2. The van der Waals surface area contributed by atoms with E-state index < -0.39 is 0 Å². The molecule has 0 spiro atoms. The number of aryl methyl sites for hydroxylation is 4. The summed E-state index contributed by atoms with van der Waals surface area (Å²) in [6.45, 7) is 9.07. The molecule has 1 heterocycles. The minimum atomic E-state index is 0.0278. The zero-order valence-electron chi connectivity index (χ0n) is 18.0. The van der Waals surface area contributed by atoms with Gasteiger partial charge in [-0.1, -0.05) is 23.4 Å². The summed E-state index contributed by atoms with van der Waals surface area (Å²) >= 11 is 1.76. The maximum Gasteiger partial charge on any atom is 0.224 e. The Bertz CT molecular complexity index is 977. The molecule has 3 aromatic rings. The van der Waals surface area contributed by atoms with Crippen molar-refractivity contribution >= 4 is 17.7 Å². The van der Waals surface area contributed by atoms with Gasteiger partial charge in [-0.3, -0.25) is 4.79 Å². The SMILES string of the molecule is Cc1ccc(SCCNC(=O)Cc2ccc(OCc3c(C)noc3C)cc2)cc1C. The van der Waals surface area contributed by atoms with E-state index in [4.69, 9.17) is 9.26 Å². The van der Waals surface area contributed by atoms with Crippen LogP contribution in [0.4, 0.5) is 0 Å². The number of nitrogens with zero attached hydrogens (tertiary/aromatic N) is 1. The number of amides is 1. The van der Waals surface area contributed by atoms with Crippen molar-refractivity contribution in [3.8, 4) is 5.75 Å². The van der Waals surface area contributed by atoms with E-state index >= 15 is 0 Å². The highest BCUT2D eigenvalue weighted by molar-refractivity contribution is 7.99. The van der Waals surface area contributed by atoms with Gasteiger partial charge in [0.1, 0.15) is 18.1 Å². The number of thioether (sulfide) groups is 1. The molecule has 0 bridgehead atoms. The van der Waals surface area contributed by atoms with E-state index in [-0.39, 0.29) is 5.91 Å². The average Bonchev–Trinajstić information content (AvgIpc) is 3.05. The van der Waals surface area contributed by atoms with Crippen LogP contribution in [0.3, 0.4) is 0 Å². The molecule has 0 atom stereocenters. The van der Waals surface area contributed by atoms with E-state index in [0.717, 1.165) is 34.1 Å². The molecule has 158 valence electrons. The zero-order chi connectivity index (χ0) is 21.5. The number of nitrogens with one attached hydrogen (secondary N) is 1. The van der Waals surface area contributed by atoms with Crippen LogP contribution in [0, 0.1) is 27.7 Å². The lowest BCUT2D eigenvalue weighted by molar-refractivity contribution is -0.120. The van der Waals surface area contributed by atoms with Crippen molar-refractivity contribution in [2.24, 2.45) is 0 Å². The number of carbonyl (C=O) groups is 1. The fourth-order valence-corrected chi connectivity index (χ4v) is 3.84. The van der Waals surface area contributed by atoms with E-state index in [2.05, 4.69) is 42.5 Å². The van der Waals surface area contributed by atoms with Crippen LogP contribution in [0.2, 0.25) is 0 Å². The molecule has 1 aromatic heterocycles. The maximum atomic E-state index is 12.2. The third kappa shape index (κ3) is 6.13. The Kier molecular flexibility index (Phi) is 7.57. The Balaban J connectivity index is 1.39. The monoisotopic (exact) mass is 424 g/mol. The van der Waals surface area contributed by atoms with Gasteiger partial charge in [0, 0.05) is 17.2 Å². The molecule has 30 heavy (non-hydrogen) atoms. The van der Waals surface area contributed by atoms with Crippen LogP contribution in [-0.2, 0) is 17.8 Å². The van der Waals surface area contributed by atoms with Crippen LogP contribution in [0.1, 0.15) is 33.7 Å². The second kappa shape index (κ2) is 10.3. The second-order valence-corrected chi connectivity index (χ2v) is 8.52. The van der Waals surface area contributed by atoms with Gasteiger partial charge in [-0.25, -0.2) is 0 Å². The number of benzene rings is 2. The van der Waals surface area contributed by atoms with Gasteiger partial charge in [0.25, 0.3) is 0 Å². The summed E-state index contributed by atoms with van der Waals surface area (Å²) < 4.78 is 11.0. The first-order valence-electron chi connectivity index (χ1n) is 10.0. The number of ether oxygens (including phenoxy) is 1. The van der Waals surface area contributed by atoms with Crippen LogP contribution >= 0.6 is 11.8 Å². The molecule has 3 rings (SSSR count). The third-order valence-corrected chi connectivity index (χ3v) is 6.02. The van der Waals surface area contributed by atoms with Gasteiger partial charge in [0.05, 0.1) is 17.7 Å². The number of hydrogen-bond donors (Lipinski definition) is 1. The molecule has 0 aliphatic rings. The molecular weight excluding hydrogens is 396 g/mol. The highest BCUT2D eigenvalue weighted by Crippen LogP contribution is 2.21. The average molecular weight is 425 g/mol. The molecule has 0 unspecified atom stereocenters. The van der Waals surface area contributed by atoms with Gasteiger partial charge in [-0.2, -0.15) is 0 Å². The molecule has 5 nitrogen and oxygen atoms in total. The van der Waals surface area contributed by atoms with Crippen molar-refractivity contribution in [2.75, 3.05) is 12.3 Å². The van der Waals surface area contributed by atoms with Gasteiger partial charge < -0.3 is 14.6 Å². The molecule has 0 aliphatic heterocycles. The lowest BCUT2D eigenvalue weighted by Crippen LogP contribution is -2.27. The van der Waals surface area contributed by atoms with Crippen LogP contribution in [-0.4, -0.2) is 23.4 Å². The van der Waals surface area contributed by atoms with Crippen LogP contribution in [0.5, 0.6) is 5.75 Å². The van der Waals surface area contributed by atoms with Crippen molar-refractivity contribution in [3.05, 3.63) is 76.2 Å². The Labute approximate surface area is 182 Å². The Morgan fingerprint density at radius 1 is 1.07 bits per heavy atom. The molecule has 0 saturated heterocycles. The molecular formula is C24H28N2O3S. The molecule has 0 fully saturated rings. The minimum Gasteiger partial charge on any atom is -0.489 e. The van der Waals surface area contributed by atoms with E-state index in [1.54, 1.807) is 11.8 Å². The summed E-state index contributed by atoms with van der Waals surface area (Å²) in [6, 6.07) is 14.1. The summed E-state index contributed by atoms with van der Waals surface area (Å²) in [7, 11) is 0. The van der Waals surface area contributed by atoms with E-state index in [0.29, 0.717) is 19.6 Å². The van der Waals surface area contributed by atoms with Crippen LogP contribution in [0.25, 0.3) is 0 Å². The largest absolute Gasteiger partial charge is 0.489 e. The smallest absolute Gasteiger partial charge is 0.224 e. The number of aromatic nitrogens is 1. The van der Waals surface area contributed by atoms with Gasteiger partial charge >= 0.3 is 0 Å². The first-order valence-corrected chi connectivity index (χ1v) is 11.0. The summed E-state index contributed by atoms with van der Waals surface area (Å²) in [4.78, 5) is 13.4. The van der Waals surface area contributed by atoms with Crippen LogP contribution in [0.15, 0.2) is 51.9 Å². The lowest BCUT2D eigenvalue weighted by atomic mass is 10.1.